The van der Waals surface area contributed by atoms with E-state index in [-0.39, 0.29) is 6.61 Å². The quantitative estimate of drug-likeness (QED) is 0.756. The fourth-order valence-electron chi connectivity index (χ4n) is 1.43. The van der Waals surface area contributed by atoms with Crippen molar-refractivity contribution in [1.82, 2.24) is 0 Å². The van der Waals surface area contributed by atoms with Crippen LogP contribution in [0.1, 0.15) is 19.4 Å². The summed E-state index contributed by atoms with van der Waals surface area (Å²) in [6.07, 6.45) is 5.81. The maximum Gasteiger partial charge on any atom is 0.0702 e. The van der Waals surface area contributed by atoms with Crippen LogP contribution in [0.25, 0.3) is 0 Å². The number of hydrogen-bond acceptors (Lipinski definition) is 2. The van der Waals surface area contributed by atoms with Crippen molar-refractivity contribution >= 4 is 5.69 Å². The van der Waals surface area contributed by atoms with Gasteiger partial charge in [-0.2, -0.15) is 0 Å². The minimum absolute atomic E-state index is 0.0321. The predicted octanol–water partition coefficient (Wildman–Crippen LogP) is 3.63. The average molecular weight is 229 g/mol. The zero-order valence-electron chi connectivity index (χ0n) is 10.4. The highest BCUT2D eigenvalue weighted by Crippen LogP contribution is 2.18. The van der Waals surface area contributed by atoms with Gasteiger partial charge in [-0.25, -0.2) is 0 Å². The van der Waals surface area contributed by atoms with Crippen LogP contribution in [0.2, 0.25) is 0 Å². The van der Waals surface area contributed by atoms with Crippen LogP contribution in [0.4, 0.5) is 5.69 Å². The van der Waals surface area contributed by atoms with Crippen molar-refractivity contribution in [3.05, 3.63) is 65.9 Å². The molecule has 0 spiro atoms. The predicted molar refractivity (Wildman–Crippen MR) is 73.7 cm³/mol. The number of anilines is 1. The Morgan fingerprint density at radius 2 is 2.12 bits per heavy atom. The maximum absolute atomic E-state index is 9.24. The molecule has 0 bridgehead atoms. The van der Waals surface area contributed by atoms with Crippen LogP contribution in [-0.4, -0.2) is 5.11 Å². The second-order valence-corrected chi connectivity index (χ2v) is 3.78. The number of benzene rings is 1. The van der Waals surface area contributed by atoms with Gasteiger partial charge in [0.25, 0.3) is 0 Å². The van der Waals surface area contributed by atoms with E-state index in [2.05, 4.69) is 11.9 Å². The van der Waals surface area contributed by atoms with E-state index >= 15 is 0 Å². The largest absolute Gasteiger partial charge is 0.392 e. The van der Waals surface area contributed by atoms with E-state index < -0.39 is 0 Å². The third kappa shape index (κ3) is 3.93. The third-order valence-electron chi connectivity index (χ3n) is 2.48. The number of hydrogen-bond donors (Lipinski definition) is 2. The zero-order valence-corrected chi connectivity index (χ0v) is 10.4. The second-order valence-electron chi connectivity index (χ2n) is 3.78. The normalized spacial score (nSPS) is 12.4. The van der Waals surface area contributed by atoms with Crippen LogP contribution in [0.3, 0.4) is 0 Å². The van der Waals surface area contributed by atoms with Gasteiger partial charge >= 0.3 is 0 Å². The molecule has 17 heavy (non-hydrogen) atoms. The molecule has 2 heteroatoms. The lowest BCUT2D eigenvalue weighted by atomic mass is 10.1. The van der Waals surface area contributed by atoms with Gasteiger partial charge in [-0.1, -0.05) is 36.9 Å². The molecule has 0 aliphatic rings. The SMILES string of the molecule is C=C/C(C)=C\C(=C/C)Nc1ccccc1CO. The Hall–Kier alpha value is -1.80. The van der Waals surface area contributed by atoms with Crippen molar-refractivity contribution in [3.8, 4) is 0 Å². The Labute approximate surface area is 103 Å². The number of aliphatic hydroxyl groups is 1. The molecule has 0 unspecified atom stereocenters. The Bertz CT molecular complexity index is 444. The molecule has 0 aliphatic carbocycles. The summed E-state index contributed by atoms with van der Waals surface area (Å²) < 4.78 is 0. The number of nitrogens with one attached hydrogen (secondary N) is 1. The first kappa shape index (κ1) is 13.3. The monoisotopic (exact) mass is 229 g/mol. The Kier molecular flexibility index (Phi) is 5.24. The van der Waals surface area contributed by atoms with Gasteiger partial charge in [0.2, 0.25) is 0 Å². The fourth-order valence-corrected chi connectivity index (χ4v) is 1.43. The lowest BCUT2D eigenvalue weighted by molar-refractivity contribution is 0.282. The summed E-state index contributed by atoms with van der Waals surface area (Å²) in [5.74, 6) is 0. The Balaban J connectivity index is 2.92. The van der Waals surface area contributed by atoms with Gasteiger partial charge in [0.15, 0.2) is 0 Å². The van der Waals surface area contributed by atoms with Crippen LogP contribution in [0.5, 0.6) is 0 Å². The Morgan fingerprint density at radius 3 is 2.71 bits per heavy atom. The van der Waals surface area contributed by atoms with Gasteiger partial charge in [-0.05, 0) is 31.6 Å². The van der Waals surface area contributed by atoms with Crippen molar-refractivity contribution in [2.75, 3.05) is 5.32 Å². The molecule has 0 aliphatic heterocycles. The van der Waals surface area contributed by atoms with E-state index in [1.165, 1.54) is 0 Å². The zero-order chi connectivity index (χ0) is 12.7. The third-order valence-corrected chi connectivity index (χ3v) is 2.48. The summed E-state index contributed by atoms with van der Waals surface area (Å²) in [7, 11) is 0. The van der Waals surface area contributed by atoms with Crippen molar-refractivity contribution in [2.45, 2.75) is 20.5 Å². The van der Waals surface area contributed by atoms with E-state index in [0.717, 1.165) is 22.5 Å². The first-order valence-corrected chi connectivity index (χ1v) is 5.64. The smallest absolute Gasteiger partial charge is 0.0702 e. The van der Waals surface area contributed by atoms with Gasteiger partial charge in [0.05, 0.1) is 6.61 Å². The summed E-state index contributed by atoms with van der Waals surface area (Å²) in [5, 5.41) is 12.5. The molecule has 0 atom stereocenters. The molecule has 2 nitrogen and oxygen atoms in total. The van der Waals surface area contributed by atoms with Gasteiger partial charge in [-0.3, -0.25) is 0 Å². The van der Waals surface area contributed by atoms with Crippen molar-refractivity contribution in [3.63, 3.8) is 0 Å². The lowest BCUT2D eigenvalue weighted by Crippen LogP contribution is -2.00. The fraction of sp³-hybridized carbons (Fsp3) is 0.200. The summed E-state index contributed by atoms with van der Waals surface area (Å²) in [4.78, 5) is 0. The van der Waals surface area contributed by atoms with Crippen LogP contribution in [-0.2, 0) is 6.61 Å². The van der Waals surface area contributed by atoms with Gasteiger partial charge in [0.1, 0.15) is 0 Å². The van der Waals surface area contributed by atoms with Crippen LogP contribution < -0.4 is 5.32 Å². The van der Waals surface area contributed by atoms with E-state index in [0.29, 0.717) is 0 Å². The molecule has 1 rings (SSSR count). The highest BCUT2D eigenvalue weighted by Gasteiger charge is 2.00. The second kappa shape index (κ2) is 6.71. The van der Waals surface area contributed by atoms with Gasteiger partial charge in [-0.15, -0.1) is 0 Å². The van der Waals surface area contributed by atoms with Crippen LogP contribution >= 0.6 is 0 Å². The first-order valence-electron chi connectivity index (χ1n) is 5.64. The van der Waals surface area contributed by atoms with E-state index in [9.17, 15) is 5.11 Å². The molecular formula is C15H19NO. The van der Waals surface area contributed by atoms with Gasteiger partial charge < -0.3 is 10.4 Å². The Morgan fingerprint density at radius 1 is 1.41 bits per heavy atom. The van der Waals surface area contributed by atoms with E-state index in [1.807, 2.05) is 56.3 Å². The summed E-state index contributed by atoms with van der Waals surface area (Å²) in [6.45, 7) is 7.72. The van der Waals surface area contributed by atoms with Crippen molar-refractivity contribution in [1.29, 1.82) is 0 Å². The molecular weight excluding hydrogens is 210 g/mol. The summed E-state index contributed by atoms with van der Waals surface area (Å²) in [5.41, 5.74) is 3.89. The minimum Gasteiger partial charge on any atom is -0.392 e. The van der Waals surface area contributed by atoms with Crippen LogP contribution in [0.15, 0.2) is 60.3 Å². The highest BCUT2D eigenvalue weighted by atomic mass is 16.3. The number of para-hydroxylation sites is 1. The van der Waals surface area contributed by atoms with Crippen LogP contribution in [0, 0.1) is 0 Å². The minimum atomic E-state index is 0.0321. The standard InChI is InChI=1S/C15H19NO/c1-4-12(3)10-14(5-2)16-15-9-7-6-8-13(15)11-17/h4-10,16-17H,1,11H2,2-3H3/b12-10-,14-5+. The lowest BCUT2D eigenvalue weighted by Gasteiger charge is -2.11. The molecule has 0 radical (unpaired) electrons. The maximum atomic E-state index is 9.24. The summed E-state index contributed by atoms with van der Waals surface area (Å²) >= 11 is 0. The van der Waals surface area contributed by atoms with Crippen molar-refractivity contribution in [2.24, 2.45) is 0 Å². The molecule has 90 valence electrons. The molecule has 0 heterocycles. The molecule has 0 fully saturated rings. The number of allylic oxidation sites excluding steroid dienone is 4. The molecule has 0 amide bonds. The number of rotatable bonds is 5. The summed E-state index contributed by atoms with van der Waals surface area (Å²) in [6, 6.07) is 7.71. The van der Waals surface area contributed by atoms with E-state index in [1.54, 1.807) is 0 Å². The molecule has 1 aromatic rings. The molecule has 0 saturated carbocycles. The molecule has 2 N–H and O–H groups in total. The highest BCUT2D eigenvalue weighted by molar-refractivity contribution is 5.56. The average Bonchev–Trinajstić information content (AvgIpc) is 2.38. The van der Waals surface area contributed by atoms with Gasteiger partial charge in [0, 0.05) is 16.9 Å². The van der Waals surface area contributed by atoms with Crippen molar-refractivity contribution < 1.29 is 5.11 Å². The van der Waals surface area contributed by atoms with E-state index in [4.69, 9.17) is 0 Å². The molecule has 0 aromatic heterocycles. The molecule has 1 aromatic carbocycles. The first-order chi connectivity index (χ1) is 8.21. The number of aliphatic hydroxyl groups excluding tert-OH is 1. The molecule has 0 saturated heterocycles. The topological polar surface area (TPSA) is 32.3 Å².